The summed E-state index contributed by atoms with van der Waals surface area (Å²) in [6.07, 6.45) is 1.82. The standard InChI is InChI=1S/C17H20N2O4S2/c1-10-13(16(21)22-9-12(20)23-17(2,3)4)15(24-5)19-14(18-10)11-7-6-8-25-11/h6-8H,9H2,1-5H3. The molecule has 0 fully saturated rings. The second-order valence-electron chi connectivity index (χ2n) is 6.16. The molecule has 2 aromatic rings. The summed E-state index contributed by atoms with van der Waals surface area (Å²) in [6, 6.07) is 3.84. The largest absolute Gasteiger partial charge is 0.457 e. The first-order valence-electron chi connectivity index (χ1n) is 7.56. The quantitative estimate of drug-likeness (QED) is 0.444. The lowest BCUT2D eigenvalue weighted by molar-refractivity contribution is -0.158. The molecule has 0 saturated carbocycles. The fraction of sp³-hybridized carbons (Fsp3) is 0.412. The van der Waals surface area contributed by atoms with E-state index >= 15 is 0 Å². The molecule has 25 heavy (non-hydrogen) atoms. The molecule has 8 heteroatoms. The first-order valence-corrected chi connectivity index (χ1v) is 9.67. The average Bonchev–Trinajstić information content (AvgIpc) is 3.04. The number of hydrogen-bond acceptors (Lipinski definition) is 8. The molecule has 0 atom stereocenters. The van der Waals surface area contributed by atoms with Crippen molar-refractivity contribution in [3.63, 3.8) is 0 Å². The second-order valence-corrected chi connectivity index (χ2v) is 7.90. The molecule has 0 unspecified atom stereocenters. The van der Waals surface area contributed by atoms with Crippen LogP contribution in [0.3, 0.4) is 0 Å². The summed E-state index contributed by atoms with van der Waals surface area (Å²) in [5.41, 5.74) is 0.156. The molecule has 134 valence electrons. The molecule has 0 saturated heterocycles. The Morgan fingerprint density at radius 2 is 2.00 bits per heavy atom. The zero-order valence-corrected chi connectivity index (χ0v) is 16.4. The Morgan fingerprint density at radius 3 is 2.56 bits per heavy atom. The van der Waals surface area contributed by atoms with Gasteiger partial charge >= 0.3 is 11.9 Å². The molecule has 0 aliphatic heterocycles. The van der Waals surface area contributed by atoms with Crippen molar-refractivity contribution in [2.75, 3.05) is 12.9 Å². The molecule has 0 aliphatic rings. The number of ether oxygens (including phenoxy) is 2. The smallest absolute Gasteiger partial charge is 0.344 e. The van der Waals surface area contributed by atoms with Crippen molar-refractivity contribution < 1.29 is 19.1 Å². The molecule has 2 rings (SSSR count). The lowest BCUT2D eigenvalue weighted by atomic mass is 10.2. The Bertz CT molecular complexity index is 768. The van der Waals surface area contributed by atoms with Gasteiger partial charge in [-0.3, -0.25) is 0 Å². The maximum absolute atomic E-state index is 12.4. The predicted molar refractivity (Wildman–Crippen MR) is 98.0 cm³/mol. The lowest BCUT2D eigenvalue weighted by Crippen LogP contribution is -2.27. The molecule has 6 nitrogen and oxygen atoms in total. The summed E-state index contributed by atoms with van der Waals surface area (Å²) in [4.78, 5) is 33.9. The van der Waals surface area contributed by atoms with Gasteiger partial charge in [0.25, 0.3) is 0 Å². The van der Waals surface area contributed by atoms with E-state index in [1.807, 2.05) is 23.8 Å². The van der Waals surface area contributed by atoms with E-state index in [1.54, 1.807) is 27.7 Å². The van der Waals surface area contributed by atoms with Gasteiger partial charge in [-0.25, -0.2) is 19.6 Å². The minimum Gasteiger partial charge on any atom is -0.457 e. The SMILES string of the molecule is CSc1nc(-c2cccs2)nc(C)c1C(=O)OCC(=O)OC(C)(C)C. The van der Waals surface area contributed by atoms with E-state index in [9.17, 15) is 9.59 Å². The third-order valence-electron chi connectivity index (χ3n) is 2.94. The number of esters is 2. The molecular formula is C17H20N2O4S2. The van der Waals surface area contributed by atoms with Gasteiger partial charge in [0.2, 0.25) is 0 Å². The fourth-order valence-electron chi connectivity index (χ4n) is 2.01. The Kier molecular flexibility index (Phi) is 6.18. The molecule has 2 aromatic heterocycles. The number of aromatic nitrogens is 2. The van der Waals surface area contributed by atoms with Crippen LogP contribution in [0.25, 0.3) is 10.7 Å². The maximum atomic E-state index is 12.4. The third-order valence-corrected chi connectivity index (χ3v) is 4.48. The van der Waals surface area contributed by atoms with E-state index in [2.05, 4.69) is 9.97 Å². The third kappa shape index (κ3) is 5.27. The van der Waals surface area contributed by atoms with Crippen LogP contribution < -0.4 is 0 Å². The Balaban J connectivity index is 2.18. The molecule has 0 aromatic carbocycles. The number of thiophene rings is 1. The van der Waals surface area contributed by atoms with Gasteiger partial charge in [-0.2, -0.15) is 0 Å². The summed E-state index contributed by atoms with van der Waals surface area (Å²) >= 11 is 2.86. The van der Waals surface area contributed by atoms with Crippen molar-refractivity contribution >= 4 is 35.0 Å². The zero-order chi connectivity index (χ0) is 18.6. The number of carbonyl (C=O) groups is 2. The van der Waals surface area contributed by atoms with Crippen LogP contribution in [0.4, 0.5) is 0 Å². The van der Waals surface area contributed by atoms with Gasteiger partial charge in [0.05, 0.1) is 10.6 Å². The van der Waals surface area contributed by atoms with Crippen molar-refractivity contribution in [2.45, 2.75) is 38.3 Å². The van der Waals surface area contributed by atoms with Gasteiger partial charge in [-0.1, -0.05) is 6.07 Å². The van der Waals surface area contributed by atoms with E-state index < -0.39 is 24.1 Å². The number of nitrogens with zero attached hydrogens (tertiary/aromatic N) is 2. The van der Waals surface area contributed by atoms with Gasteiger partial charge in [0.15, 0.2) is 12.4 Å². The Labute approximate surface area is 155 Å². The van der Waals surface area contributed by atoms with E-state index in [-0.39, 0.29) is 5.56 Å². The van der Waals surface area contributed by atoms with Crippen molar-refractivity contribution in [3.8, 4) is 10.7 Å². The van der Waals surface area contributed by atoms with Crippen molar-refractivity contribution in [3.05, 3.63) is 28.8 Å². The van der Waals surface area contributed by atoms with Gasteiger partial charge in [0.1, 0.15) is 16.2 Å². The molecule has 0 amide bonds. The number of aryl methyl sites for hydroxylation is 1. The van der Waals surface area contributed by atoms with Crippen LogP contribution in [0.5, 0.6) is 0 Å². The van der Waals surface area contributed by atoms with Crippen molar-refractivity contribution in [1.29, 1.82) is 0 Å². The highest BCUT2D eigenvalue weighted by atomic mass is 32.2. The van der Waals surface area contributed by atoms with Crippen molar-refractivity contribution in [1.82, 2.24) is 9.97 Å². The lowest BCUT2D eigenvalue weighted by Gasteiger charge is -2.19. The Morgan fingerprint density at radius 1 is 1.28 bits per heavy atom. The predicted octanol–water partition coefficient (Wildman–Crippen LogP) is 3.73. The number of thioether (sulfide) groups is 1. The van der Waals surface area contributed by atoms with Gasteiger partial charge in [0, 0.05) is 0 Å². The van der Waals surface area contributed by atoms with E-state index in [0.717, 1.165) is 4.88 Å². The molecule has 0 radical (unpaired) electrons. The van der Waals surface area contributed by atoms with E-state index in [0.29, 0.717) is 16.5 Å². The molecular weight excluding hydrogens is 360 g/mol. The highest BCUT2D eigenvalue weighted by molar-refractivity contribution is 7.98. The monoisotopic (exact) mass is 380 g/mol. The van der Waals surface area contributed by atoms with Crippen LogP contribution in [-0.4, -0.2) is 40.4 Å². The Hall–Kier alpha value is -1.93. The van der Waals surface area contributed by atoms with E-state index in [1.165, 1.54) is 23.1 Å². The average molecular weight is 380 g/mol. The van der Waals surface area contributed by atoms with Crippen LogP contribution >= 0.6 is 23.1 Å². The van der Waals surface area contributed by atoms with Gasteiger partial charge in [-0.05, 0) is 45.4 Å². The van der Waals surface area contributed by atoms with Crippen LogP contribution in [0.2, 0.25) is 0 Å². The second kappa shape index (κ2) is 7.97. The number of hydrogen-bond donors (Lipinski definition) is 0. The molecule has 0 bridgehead atoms. The van der Waals surface area contributed by atoms with Gasteiger partial charge in [-0.15, -0.1) is 23.1 Å². The van der Waals surface area contributed by atoms with Crippen LogP contribution in [0.1, 0.15) is 36.8 Å². The maximum Gasteiger partial charge on any atom is 0.344 e. The summed E-state index contributed by atoms with van der Waals surface area (Å²) in [7, 11) is 0. The first-order chi connectivity index (χ1) is 11.7. The topological polar surface area (TPSA) is 78.4 Å². The first kappa shape index (κ1) is 19.4. The normalized spacial score (nSPS) is 11.2. The van der Waals surface area contributed by atoms with E-state index in [4.69, 9.17) is 9.47 Å². The highest BCUT2D eigenvalue weighted by Crippen LogP contribution is 2.27. The molecule has 2 heterocycles. The van der Waals surface area contributed by atoms with Gasteiger partial charge < -0.3 is 9.47 Å². The summed E-state index contributed by atoms with van der Waals surface area (Å²) in [5, 5.41) is 2.46. The molecule has 0 N–H and O–H groups in total. The van der Waals surface area contributed by atoms with Crippen LogP contribution in [0.15, 0.2) is 22.5 Å². The minimum atomic E-state index is -0.634. The molecule has 0 spiro atoms. The number of rotatable bonds is 5. The van der Waals surface area contributed by atoms with Crippen LogP contribution in [0, 0.1) is 6.92 Å². The summed E-state index contributed by atoms with van der Waals surface area (Å²) in [5.74, 6) is -0.661. The van der Waals surface area contributed by atoms with Crippen molar-refractivity contribution in [2.24, 2.45) is 0 Å². The van der Waals surface area contributed by atoms with Crippen LogP contribution in [-0.2, 0) is 14.3 Å². The fourth-order valence-corrected chi connectivity index (χ4v) is 3.28. The highest BCUT2D eigenvalue weighted by Gasteiger charge is 2.23. The minimum absolute atomic E-state index is 0.274. The summed E-state index contributed by atoms with van der Waals surface area (Å²) in [6.45, 7) is 6.53. The molecule has 0 aliphatic carbocycles. The zero-order valence-electron chi connectivity index (χ0n) is 14.8. The number of carbonyl (C=O) groups excluding carboxylic acids is 2. The summed E-state index contributed by atoms with van der Waals surface area (Å²) < 4.78 is 10.2.